The normalized spacial score (nSPS) is 34.1. The number of hydrogen-bond donors (Lipinski definition) is 0. The Balaban J connectivity index is 2.23. The number of carbonyl (C=O) groups is 3. The van der Waals surface area contributed by atoms with E-state index in [0.29, 0.717) is 6.42 Å². The molecule has 21 heavy (non-hydrogen) atoms. The largest absolute Gasteiger partial charge is 0.464 e. The van der Waals surface area contributed by atoms with E-state index in [2.05, 4.69) is 0 Å². The molecule has 0 spiro atoms. The van der Waals surface area contributed by atoms with Crippen molar-refractivity contribution >= 4 is 18.3 Å². The lowest BCUT2D eigenvalue weighted by molar-refractivity contribution is -0.149. The van der Waals surface area contributed by atoms with Gasteiger partial charge in [-0.05, 0) is 40.0 Å². The van der Waals surface area contributed by atoms with Crippen molar-refractivity contribution in [3.05, 3.63) is 0 Å². The first-order chi connectivity index (χ1) is 9.68. The molecule has 1 aliphatic heterocycles. The number of rotatable bonds is 3. The molecule has 0 bridgehead atoms. The molecule has 0 aromatic heterocycles. The smallest absolute Gasteiger partial charge is 0.411 e. The molecule has 2 rings (SSSR count). The molecule has 2 aliphatic rings. The fourth-order valence-electron chi connectivity index (χ4n) is 3.28. The van der Waals surface area contributed by atoms with Crippen LogP contribution in [0.3, 0.4) is 0 Å². The number of likely N-dealkylation sites (tertiary alicyclic amines) is 1. The van der Waals surface area contributed by atoms with Crippen LogP contribution in [-0.2, 0) is 19.1 Å². The minimum Gasteiger partial charge on any atom is -0.464 e. The van der Waals surface area contributed by atoms with Crippen LogP contribution in [0.2, 0.25) is 0 Å². The molecule has 118 valence electrons. The highest BCUT2D eigenvalue weighted by molar-refractivity contribution is 5.87. The van der Waals surface area contributed by atoms with Gasteiger partial charge in [0.1, 0.15) is 17.9 Å². The molecule has 4 atom stereocenters. The van der Waals surface area contributed by atoms with Gasteiger partial charge in [-0.15, -0.1) is 0 Å². The monoisotopic (exact) mass is 297 g/mol. The second-order valence-corrected chi connectivity index (χ2v) is 6.82. The highest BCUT2D eigenvalue weighted by Gasteiger charge is 2.74. The Morgan fingerprint density at radius 3 is 2.48 bits per heavy atom. The number of aldehydes is 1. The predicted octanol–water partition coefficient (Wildman–Crippen LogP) is 1.76. The van der Waals surface area contributed by atoms with Crippen LogP contribution in [0, 0.1) is 11.3 Å². The van der Waals surface area contributed by atoms with Crippen molar-refractivity contribution in [2.45, 2.75) is 58.7 Å². The number of piperidine rings is 1. The second kappa shape index (κ2) is 5.00. The van der Waals surface area contributed by atoms with E-state index in [0.717, 1.165) is 6.29 Å². The molecule has 2 fully saturated rings. The van der Waals surface area contributed by atoms with Crippen molar-refractivity contribution in [3.63, 3.8) is 0 Å². The first-order valence-electron chi connectivity index (χ1n) is 7.32. The number of esters is 1. The lowest BCUT2D eigenvalue weighted by Crippen LogP contribution is -2.47. The number of fused-ring (bicyclic) bond motifs is 1. The highest BCUT2D eigenvalue weighted by Crippen LogP contribution is 2.63. The second-order valence-electron chi connectivity index (χ2n) is 6.82. The fourth-order valence-corrected chi connectivity index (χ4v) is 3.28. The van der Waals surface area contributed by atoms with Crippen LogP contribution < -0.4 is 0 Å². The van der Waals surface area contributed by atoms with Crippen molar-refractivity contribution in [2.24, 2.45) is 11.3 Å². The zero-order chi connectivity index (χ0) is 16.0. The molecule has 1 saturated carbocycles. The molecule has 0 N–H and O–H groups in total. The van der Waals surface area contributed by atoms with E-state index in [4.69, 9.17) is 9.47 Å². The summed E-state index contributed by atoms with van der Waals surface area (Å²) in [5.41, 5.74) is -1.27. The van der Waals surface area contributed by atoms with Gasteiger partial charge < -0.3 is 14.3 Å². The summed E-state index contributed by atoms with van der Waals surface area (Å²) < 4.78 is 10.4. The molecule has 1 saturated heterocycles. The predicted molar refractivity (Wildman–Crippen MR) is 74.6 cm³/mol. The molecule has 1 heterocycles. The van der Waals surface area contributed by atoms with E-state index in [1.165, 1.54) is 4.90 Å². The Morgan fingerprint density at radius 2 is 2.00 bits per heavy atom. The van der Waals surface area contributed by atoms with E-state index in [1.54, 1.807) is 27.7 Å². The van der Waals surface area contributed by atoms with E-state index < -0.39 is 29.1 Å². The summed E-state index contributed by atoms with van der Waals surface area (Å²) >= 11 is 0. The van der Waals surface area contributed by atoms with Gasteiger partial charge in [0.05, 0.1) is 18.1 Å². The van der Waals surface area contributed by atoms with Gasteiger partial charge in [-0.1, -0.05) is 6.92 Å². The molecule has 1 aliphatic carbocycles. The molecule has 0 unspecified atom stereocenters. The van der Waals surface area contributed by atoms with Crippen molar-refractivity contribution in [2.75, 3.05) is 6.61 Å². The highest BCUT2D eigenvalue weighted by atomic mass is 16.6. The summed E-state index contributed by atoms with van der Waals surface area (Å²) in [6, 6.07) is -0.995. The first kappa shape index (κ1) is 15.8. The van der Waals surface area contributed by atoms with E-state index in [-0.39, 0.29) is 18.6 Å². The molecule has 0 aromatic rings. The van der Waals surface area contributed by atoms with Crippen LogP contribution in [0.1, 0.15) is 41.0 Å². The van der Waals surface area contributed by atoms with Crippen molar-refractivity contribution in [3.8, 4) is 0 Å². The van der Waals surface area contributed by atoms with Crippen LogP contribution in [0.5, 0.6) is 0 Å². The van der Waals surface area contributed by atoms with Crippen LogP contribution in [0.25, 0.3) is 0 Å². The van der Waals surface area contributed by atoms with Crippen LogP contribution in [-0.4, -0.2) is 47.5 Å². The number of carbonyl (C=O) groups excluding carboxylic acids is 3. The molecule has 1 amide bonds. The number of nitrogens with zero attached hydrogens (tertiary/aromatic N) is 1. The number of hydrogen-bond acceptors (Lipinski definition) is 5. The average Bonchev–Trinajstić information content (AvgIpc) is 2.79. The van der Waals surface area contributed by atoms with Gasteiger partial charge in [0.25, 0.3) is 0 Å². The summed E-state index contributed by atoms with van der Waals surface area (Å²) in [6.07, 6.45) is 0.637. The number of amides is 1. The number of ether oxygens (including phenoxy) is 2. The first-order valence-corrected chi connectivity index (χ1v) is 7.32. The molecular weight excluding hydrogens is 274 g/mol. The Kier molecular flexibility index (Phi) is 3.76. The maximum atomic E-state index is 12.4. The van der Waals surface area contributed by atoms with Gasteiger partial charge >= 0.3 is 12.1 Å². The van der Waals surface area contributed by atoms with E-state index in [9.17, 15) is 14.4 Å². The van der Waals surface area contributed by atoms with Crippen molar-refractivity contribution in [1.29, 1.82) is 0 Å². The molecule has 6 heteroatoms. The average molecular weight is 297 g/mol. The van der Waals surface area contributed by atoms with Crippen LogP contribution >= 0.6 is 0 Å². The van der Waals surface area contributed by atoms with Gasteiger partial charge in [-0.3, -0.25) is 4.90 Å². The van der Waals surface area contributed by atoms with Gasteiger partial charge in [0, 0.05) is 0 Å². The summed E-state index contributed by atoms with van der Waals surface area (Å²) in [4.78, 5) is 37.3. The Hall–Kier alpha value is -1.59. The molecule has 0 aromatic carbocycles. The standard InChI is InChI=1S/C15H23NO5/c1-6-20-12(18)10-7-15(8-17)9(2)11(15)16(10)13(19)21-14(3,4)5/h8-11H,6-7H2,1-5H3/t9-,10+,11+,15+/m1/s1. The van der Waals surface area contributed by atoms with Crippen LogP contribution in [0.15, 0.2) is 0 Å². The topological polar surface area (TPSA) is 72.9 Å². The molecule has 0 radical (unpaired) electrons. The Labute approximate surface area is 124 Å². The summed E-state index contributed by atoms with van der Waals surface area (Å²) in [7, 11) is 0. The van der Waals surface area contributed by atoms with E-state index >= 15 is 0 Å². The minimum atomic E-state index is -0.730. The van der Waals surface area contributed by atoms with Gasteiger partial charge in [-0.2, -0.15) is 0 Å². The lowest BCUT2D eigenvalue weighted by Gasteiger charge is -2.30. The zero-order valence-electron chi connectivity index (χ0n) is 13.2. The van der Waals surface area contributed by atoms with Crippen molar-refractivity contribution in [1.82, 2.24) is 4.90 Å². The van der Waals surface area contributed by atoms with Gasteiger partial charge in [0.2, 0.25) is 0 Å². The Morgan fingerprint density at radius 1 is 1.38 bits per heavy atom. The zero-order valence-corrected chi connectivity index (χ0v) is 13.2. The fraction of sp³-hybridized carbons (Fsp3) is 0.800. The van der Waals surface area contributed by atoms with Crippen molar-refractivity contribution < 1.29 is 23.9 Å². The van der Waals surface area contributed by atoms with Gasteiger partial charge in [-0.25, -0.2) is 9.59 Å². The summed E-state index contributed by atoms with van der Waals surface area (Å²) in [5, 5.41) is 0. The Bertz CT molecular complexity index is 469. The molecule has 6 nitrogen and oxygen atoms in total. The maximum absolute atomic E-state index is 12.4. The third-order valence-electron chi connectivity index (χ3n) is 4.33. The minimum absolute atomic E-state index is 0.0493. The quantitative estimate of drug-likeness (QED) is 0.586. The SMILES string of the molecule is CCOC(=O)[C@@H]1C[C@]2(C=O)[C@H](C)[C@@H]2N1C(=O)OC(C)(C)C. The lowest BCUT2D eigenvalue weighted by atomic mass is 9.98. The molecular formula is C15H23NO5. The summed E-state index contributed by atoms with van der Waals surface area (Å²) in [6.45, 7) is 9.17. The third-order valence-corrected chi connectivity index (χ3v) is 4.33. The maximum Gasteiger partial charge on any atom is 0.411 e. The summed E-state index contributed by atoms with van der Waals surface area (Å²) in [5.74, 6) is -0.419. The van der Waals surface area contributed by atoms with Crippen LogP contribution in [0.4, 0.5) is 4.79 Å². The van der Waals surface area contributed by atoms with E-state index in [1.807, 2.05) is 6.92 Å². The van der Waals surface area contributed by atoms with Gasteiger partial charge in [0.15, 0.2) is 0 Å². The third kappa shape index (κ3) is 2.51.